The van der Waals surface area contributed by atoms with Gasteiger partial charge in [0.2, 0.25) is 5.91 Å². The van der Waals surface area contributed by atoms with Crippen LogP contribution in [0, 0.1) is 5.92 Å². The van der Waals surface area contributed by atoms with Crippen LogP contribution in [0.15, 0.2) is 30.3 Å². The minimum Gasteiger partial charge on any atom is -0.356 e. The van der Waals surface area contributed by atoms with E-state index in [1.165, 1.54) is 57.2 Å². The van der Waals surface area contributed by atoms with Crippen molar-refractivity contribution in [1.29, 1.82) is 0 Å². The fourth-order valence-corrected chi connectivity index (χ4v) is 4.04. The van der Waals surface area contributed by atoms with Crippen molar-refractivity contribution >= 4 is 5.91 Å². The molecule has 0 unspecified atom stereocenters. The molecule has 1 N–H and O–H groups in total. The van der Waals surface area contributed by atoms with Gasteiger partial charge in [0.05, 0.1) is 0 Å². The minimum absolute atomic E-state index is 0.201. The normalized spacial score (nSPS) is 20.7. The number of benzene rings is 1. The predicted octanol–water partition coefficient (Wildman–Crippen LogP) is 3.39. The standard InChI is InChI=1S/C20H30N2O/c23-20(11-10-17-6-2-1-3-7-17)21-16-18-12-14-22(15-13-18)19-8-4-5-9-19/h1-3,6-7,18-19H,4-5,8-16H2,(H,21,23). The minimum atomic E-state index is 0.201. The molecule has 23 heavy (non-hydrogen) atoms. The maximum absolute atomic E-state index is 12.0. The Labute approximate surface area is 140 Å². The summed E-state index contributed by atoms with van der Waals surface area (Å²) >= 11 is 0. The number of hydrogen-bond donors (Lipinski definition) is 1. The zero-order valence-corrected chi connectivity index (χ0v) is 14.2. The zero-order chi connectivity index (χ0) is 15.9. The highest BCUT2D eigenvalue weighted by Crippen LogP contribution is 2.27. The monoisotopic (exact) mass is 314 g/mol. The Kier molecular flexibility index (Phi) is 6.09. The van der Waals surface area contributed by atoms with Crippen LogP contribution in [-0.4, -0.2) is 36.5 Å². The van der Waals surface area contributed by atoms with Crippen molar-refractivity contribution in [1.82, 2.24) is 10.2 Å². The maximum atomic E-state index is 12.0. The van der Waals surface area contributed by atoms with Crippen molar-refractivity contribution in [2.75, 3.05) is 19.6 Å². The number of nitrogens with one attached hydrogen (secondary N) is 1. The summed E-state index contributed by atoms with van der Waals surface area (Å²) in [4.78, 5) is 14.7. The summed E-state index contributed by atoms with van der Waals surface area (Å²) in [5.74, 6) is 0.875. The van der Waals surface area contributed by atoms with Gasteiger partial charge in [-0.1, -0.05) is 43.2 Å². The van der Waals surface area contributed by atoms with Crippen LogP contribution in [0.1, 0.15) is 50.5 Å². The van der Waals surface area contributed by atoms with E-state index in [1.54, 1.807) is 0 Å². The van der Waals surface area contributed by atoms with Crippen LogP contribution in [0.25, 0.3) is 0 Å². The van der Waals surface area contributed by atoms with Gasteiger partial charge in [0.15, 0.2) is 0 Å². The molecule has 1 aromatic carbocycles. The van der Waals surface area contributed by atoms with Gasteiger partial charge < -0.3 is 10.2 Å². The number of nitrogens with zero attached hydrogens (tertiary/aromatic N) is 1. The summed E-state index contributed by atoms with van der Waals surface area (Å²) in [6.45, 7) is 3.33. The Morgan fingerprint density at radius 3 is 2.43 bits per heavy atom. The van der Waals surface area contributed by atoms with Crippen LogP contribution >= 0.6 is 0 Å². The van der Waals surface area contributed by atoms with Crippen LogP contribution in [-0.2, 0) is 11.2 Å². The third kappa shape index (κ3) is 5.07. The number of amides is 1. The van der Waals surface area contributed by atoms with Gasteiger partial charge in [-0.2, -0.15) is 0 Å². The molecule has 3 heteroatoms. The van der Waals surface area contributed by atoms with Crippen molar-refractivity contribution in [3.05, 3.63) is 35.9 Å². The molecule has 1 saturated heterocycles. The Morgan fingerprint density at radius 1 is 1.04 bits per heavy atom. The molecule has 2 aliphatic rings. The van der Waals surface area contributed by atoms with Crippen LogP contribution in [0.4, 0.5) is 0 Å². The van der Waals surface area contributed by atoms with E-state index in [4.69, 9.17) is 0 Å². The van der Waals surface area contributed by atoms with Crippen molar-refractivity contribution in [2.24, 2.45) is 5.92 Å². The topological polar surface area (TPSA) is 32.3 Å². The van der Waals surface area contributed by atoms with Gasteiger partial charge in [0.25, 0.3) is 0 Å². The summed E-state index contributed by atoms with van der Waals surface area (Å²) < 4.78 is 0. The van der Waals surface area contributed by atoms with Gasteiger partial charge in [-0.3, -0.25) is 4.79 Å². The van der Waals surface area contributed by atoms with Crippen molar-refractivity contribution < 1.29 is 4.79 Å². The number of carbonyl (C=O) groups excluding carboxylic acids is 1. The molecule has 3 nitrogen and oxygen atoms in total. The molecule has 1 heterocycles. The summed E-state index contributed by atoms with van der Waals surface area (Å²) in [6, 6.07) is 11.1. The SMILES string of the molecule is O=C(CCc1ccccc1)NCC1CCN(C2CCCC2)CC1. The van der Waals surface area contributed by atoms with E-state index < -0.39 is 0 Å². The lowest BCUT2D eigenvalue weighted by atomic mass is 9.95. The lowest BCUT2D eigenvalue weighted by molar-refractivity contribution is -0.121. The second-order valence-corrected chi connectivity index (χ2v) is 7.21. The molecular formula is C20H30N2O. The smallest absolute Gasteiger partial charge is 0.220 e. The first-order chi connectivity index (χ1) is 11.3. The van der Waals surface area contributed by atoms with Crippen LogP contribution in [0.3, 0.4) is 0 Å². The first-order valence-corrected chi connectivity index (χ1v) is 9.36. The average molecular weight is 314 g/mol. The van der Waals surface area contributed by atoms with Gasteiger partial charge in [0.1, 0.15) is 0 Å². The lowest BCUT2D eigenvalue weighted by Gasteiger charge is -2.36. The lowest BCUT2D eigenvalue weighted by Crippen LogP contribution is -2.42. The van der Waals surface area contributed by atoms with E-state index in [9.17, 15) is 4.79 Å². The van der Waals surface area contributed by atoms with E-state index in [-0.39, 0.29) is 5.91 Å². The Balaban J connectivity index is 1.31. The van der Waals surface area contributed by atoms with Gasteiger partial charge in [-0.05, 0) is 56.7 Å². The Bertz CT molecular complexity index is 474. The molecule has 1 amide bonds. The van der Waals surface area contributed by atoms with E-state index in [1.807, 2.05) is 18.2 Å². The van der Waals surface area contributed by atoms with Gasteiger partial charge in [-0.25, -0.2) is 0 Å². The molecule has 0 atom stereocenters. The molecule has 2 fully saturated rings. The van der Waals surface area contributed by atoms with Gasteiger partial charge >= 0.3 is 0 Å². The molecule has 1 aromatic rings. The van der Waals surface area contributed by atoms with E-state index in [0.29, 0.717) is 12.3 Å². The van der Waals surface area contributed by atoms with Gasteiger partial charge in [0, 0.05) is 19.0 Å². The largest absolute Gasteiger partial charge is 0.356 e. The van der Waals surface area contributed by atoms with Crippen LogP contribution in [0.2, 0.25) is 0 Å². The second-order valence-electron chi connectivity index (χ2n) is 7.21. The quantitative estimate of drug-likeness (QED) is 0.873. The predicted molar refractivity (Wildman–Crippen MR) is 94.3 cm³/mol. The Morgan fingerprint density at radius 2 is 1.74 bits per heavy atom. The van der Waals surface area contributed by atoms with Crippen molar-refractivity contribution in [3.8, 4) is 0 Å². The Hall–Kier alpha value is -1.35. The first-order valence-electron chi connectivity index (χ1n) is 9.36. The number of aryl methyl sites for hydroxylation is 1. The van der Waals surface area contributed by atoms with Crippen molar-refractivity contribution in [2.45, 2.75) is 57.4 Å². The second kappa shape index (κ2) is 8.49. The third-order valence-corrected chi connectivity index (χ3v) is 5.56. The fourth-order valence-electron chi connectivity index (χ4n) is 4.04. The number of likely N-dealkylation sites (tertiary alicyclic amines) is 1. The van der Waals surface area contributed by atoms with Crippen LogP contribution < -0.4 is 5.32 Å². The van der Waals surface area contributed by atoms with Crippen LogP contribution in [0.5, 0.6) is 0 Å². The molecular weight excluding hydrogens is 284 g/mol. The fraction of sp³-hybridized carbons (Fsp3) is 0.650. The highest BCUT2D eigenvalue weighted by Gasteiger charge is 2.27. The summed E-state index contributed by atoms with van der Waals surface area (Å²) in [5.41, 5.74) is 1.24. The average Bonchev–Trinajstić information content (AvgIpc) is 3.14. The molecule has 1 aliphatic carbocycles. The molecule has 1 saturated carbocycles. The summed E-state index contributed by atoms with van der Waals surface area (Å²) in [5, 5.41) is 3.15. The van der Waals surface area contributed by atoms with E-state index in [2.05, 4.69) is 22.3 Å². The molecule has 0 radical (unpaired) electrons. The molecule has 0 spiro atoms. The number of carbonyl (C=O) groups is 1. The third-order valence-electron chi connectivity index (χ3n) is 5.56. The summed E-state index contributed by atoms with van der Waals surface area (Å²) in [7, 11) is 0. The van der Waals surface area contributed by atoms with E-state index >= 15 is 0 Å². The highest BCUT2D eigenvalue weighted by molar-refractivity contribution is 5.76. The molecule has 0 aromatic heterocycles. The molecule has 0 bridgehead atoms. The number of hydrogen-bond acceptors (Lipinski definition) is 2. The molecule has 1 aliphatic heterocycles. The summed E-state index contributed by atoms with van der Waals surface area (Å²) in [6.07, 6.45) is 9.58. The van der Waals surface area contributed by atoms with E-state index in [0.717, 1.165) is 19.0 Å². The molecule has 126 valence electrons. The van der Waals surface area contributed by atoms with Gasteiger partial charge in [-0.15, -0.1) is 0 Å². The zero-order valence-electron chi connectivity index (χ0n) is 14.2. The first kappa shape index (κ1) is 16.5. The number of piperidine rings is 1. The number of rotatable bonds is 6. The molecule has 3 rings (SSSR count). The highest BCUT2D eigenvalue weighted by atomic mass is 16.1. The van der Waals surface area contributed by atoms with Crippen molar-refractivity contribution in [3.63, 3.8) is 0 Å². The maximum Gasteiger partial charge on any atom is 0.220 e.